The van der Waals surface area contributed by atoms with E-state index in [2.05, 4.69) is 4.98 Å². The highest BCUT2D eigenvalue weighted by Gasteiger charge is 2.33. The summed E-state index contributed by atoms with van der Waals surface area (Å²) in [5, 5.41) is 12.8. The molecule has 1 aliphatic heterocycles. The normalized spacial score (nSPS) is 25.0. The molecular weight excluding hydrogens is 214 g/mol. The summed E-state index contributed by atoms with van der Waals surface area (Å²) in [6.07, 6.45) is 5.21. The maximum absolute atomic E-state index is 10.7. The molecule has 0 aliphatic carbocycles. The second-order valence-electron chi connectivity index (χ2n) is 4.60. The lowest BCUT2D eigenvalue weighted by atomic mass is 9.87. The lowest BCUT2D eigenvalue weighted by Gasteiger charge is -2.32. The average molecular weight is 229 g/mol. The number of aliphatic hydroxyl groups is 1. The van der Waals surface area contributed by atoms with Crippen LogP contribution >= 0.6 is 0 Å². The molecule has 0 saturated carbocycles. The van der Waals surface area contributed by atoms with E-state index in [0.29, 0.717) is 6.61 Å². The van der Waals surface area contributed by atoms with Crippen molar-refractivity contribution >= 4 is 10.8 Å². The minimum absolute atomic E-state index is 0.364. The van der Waals surface area contributed by atoms with Crippen LogP contribution in [-0.2, 0) is 10.3 Å². The quantitative estimate of drug-likeness (QED) is 0.815. The highest BCUT2D eigenvalue weighted by molar-refractivity contribution is 5.85. The monoisotopic (exact) mass is 229 g/mol. The van der Waals surface area contributed by atoms with Crippen LogP contribution in [0.25, 0.3) is 10.8 Å². The first-order chi connectivity index (χ1) is 8.30. The molecule has 0 bridgehead atoms. The fourth-order valence-electron chi connectivity index (χ4n) is 2.48. The topological polar surface area (TPSA) is 42.4 Å². The summed E-state index contributed by atoms with van der Waals surface area (Å²) in [4.78, 5) is 4.22. The molecule has 3 heteroatoms. The van der Waals surface area contributed by atoms with Crippen molar-refractivity contribution in [3.8, 4) is 0 Å². The van der Waals surface area contributed by atoms with E-state index >= 15 is 0 Å². The van der Waals surface area contributed by atoms with Gasteiger partial charge in [0.05, 0.1) is 6.61 Å². The van der Waals surface area contributed by atoms with E-state index in [9.17, 15) is 5.11 Å². The summed E-state index contributed by atoms with van der Waals surface area (Å²) in [6.45, 7) is 1.10. The van der Waals surface area contributed by atoms with Gasteiger partial charge in [0.25, 0.3) is 0 Å². The molecule has 1 fully saturated rings. The first kappa shape index (κ1) is 10.7. The molecule has 2 heterocycles. The molecule has 0 amide bonds. The zero-order chi connectivity index (χ0) is 11.7. The molecule has 3 rings (SSSR count). The number of hydrogen-bond donors (Lipinski definition) is 1. The van der Waals surface area contributed by atoms with Crippen LogP contribution in [0.15, 0.2) is 36.7 Å². The first-order valence-corrected chi connectivity index (χ1v) is 5.93. The third-order valence-corrected chi connectivity index (χ3v) is 3.39. The number of ether oxygens (including phenoxy) is 1. The summed E-state index contributed by atoms with van der Waals surface area (Å²) in [5.74, 6) is 0. The van der Waals surface area contributed by atoms with Gasteiger partial charge in [-0.2, -0.15) is 0 Å². The highest BCUT2D eigenvalue weighted by Crippen LogP contribution is 2.34. The third kappa shape index (κ3) is 1.81. The molecule has 17 heavy (non-hydrogen) atoms. The van der Waals surface area contributed by atoms with Crippen LogP contribution in [-0.4, -0.2) is 23.3 Å². The van der Waals surface area contributed by atoms with Crippen LogP contribution in [0.2, 0.25) is 0 Å². The lowest BCUT2D eigenvalue weighted by Crippen LogP contribution is -2.36. The molecule has 1 atom stereocenters. The molecule has 1 unspecified atom stereocenters. The Morgan fingerprint density at radius 3 is 2.94 bits per heavy atom. The summed E-state index contributed by atoms with van der Waals surface area (Å²) < 4.78 is 5.41. The van der Waals surface area contributed by atoms with Gasteiger partial charge in [0.15, 0.2) is 0 Å². The first-order valence-electron chi connectivity index (χ1n) is 5.93. The highest BCUT2D eigenvalue weighted by atomic mass is 16.5. The zero-order valence-corrected chi connectivity index (χ0v) is 9.60. The van der Waals surface area contributed by atoms with Gasteiger partial charge in [-0.25, -0.2) is 0 Å². The van der Waals surface area contributed by atoms with E-state index in [4.69, 9.17) is 4.74 Å². The number of benzene rings is 1. The largest absolute Gasteiger partial charge is 0.383 e. The Kier molecular flexibility index (Phi) is 2.57. The number of pyridine rings is 1. The molecule has 1 aliphatic rings. The van der Waals surface area contributed by atoms with Crippen molar-refractivity contribution in [3.05, 3.63) is 42.2 Å². The second-order valence-corrected chi connectivity index (χ2v) is 4.60. The van der Waals surface area contributed by atoms with Gasteiger partial charge in [0.2, 0.25) is 0 Å². The third-order valence-electron chi connectivity index (χ3n) is 3.39. The Bertz CT molecular complexity index is 527. The Labute approximate surface area is 100 Å². The summed E-state index contributed by atoms with van der Waals surface area (Å²) in [5.41, 5.74) is 0.00171. The van der Waals surface area contributed by atoms with Crippen LogP contribution in [0.5, 0.6) is 0 Å². The van der Waals surface area contributed by atoms with E-state index < -0.39 is 5.60 Å². The van der Waals surface area contributed by atoms with Gasteiger partial charge in [0.1, 0.15) is 5.60 Å². The molecule has 0 spiro atoms. The minimum Gasteiger partial charge on any atom is -0.383 e. The SMILES string of the molecule is OC1(c2cncc3ccccc23)CCCOC1. The van der Waals surface area contributed by atoms with E-state index in [-0.39, 0.29) is 0 Å². The Hall–Kier alpha value is -1.45. The van der Waals surface area contributed by atoms with Crippen molar-refractivity contribution in [3.63, 3.8) is 0 Å². The number of aromatic nitrogens is 1. The number of fused-ring (bicyclic) bond motifs is 1. The van der Waals surface area contributed by atoms with Gasteiger partial charge >= 0.3 is 0 Å². The van der Waals surface area contributed by atoms with Crippen molar-refractivity contribution in [1.82, 2.24) is 4.98 Å². The van der Waals surface area contributed by atoms with Gasteiger partial charge < -0.3 is 9.84 Å². The second kappa shape index (κ2) is 4.09. The molecule has 1 saturated heterocycles. The van der Waals surface area contributed by atoms with Crippen molar-refractivity contribution in [2.75, 3.05) is 13.2 Å². The summed E-state index contributed by atoms with van der Waals surface area (Å²) in [6, 6.07) is 8.01. The van der Waals surface area contributed by atoms with E-state index in [1.807, 2.05) is 30.5 Å². The van der Waals surface area contributed by atoms with Crippen LogP contribution in [0.1, 0.15) is 18.4 Å². The average Bonchev–Trinajstić information content (AvgIpc) is 2.39. The Balaban J connectivity index is 2.16. The Morgan fingerprint density at radius 1 is 1.24 bits per heavy atom. The zero-order valence-electron chi connectivity index (χ0n) is 9.60. The standard InChI is InChI=1S/C14H15NO2/c16-14(6-3-7-17-10-14)13-9-15-8-11-4-1-2-5-12(11)13/h1-2,4-5,8-9,16H,3,6-7,10H2. The fourth-order valence-corrected chi connectivity index (χ4v) is 2.48. The van der Waals surface area contributed by atoms with Crippen LogP contribution < -0.4 is 0 Å². The fraction of sp³-hybridized carbons (Fsp3) is 0.357. The number of hydrogen-bond acceptors (Lipinski definition) is 3. The maximum Gasteiger partial charge on any atom is 0.115 e. The van der Waals surface area contributed by atoms with Gasteiger partial charge in [-0.3, -0.25) is 4.98 Å². The lowest BCUT2D eigenvalue weighted by molar-refractivity contribution is -0.0895. The summed E-state index contributed by atoms with van der Waals surface area (Å²) >= 11 is 0. The predicted octanol–water partition coefficient (Wildman–Crippen LogP) is 2.23. The van der Waals surface area contributed by atoms with Crippen molar-refractivity contribution in [1.29, 1.82) is 0 Å². The molecular formula is C14H15NO2. The van der Waals surface area contributed by atoms with Crippen LogP contribution in [0.4, 0.5) is 0 Å². The molecule has 1 aromatic carbocycles. The van der Waals surface area contributed by atoms with Crippen molar-refractivity contribution in [2.45, 2.75) is 18.4 Å². The molecule has 1 N–H and O–H groups in total. The van der Waals surface area contributed by atoms with Gasteiger partial charge in [-0.05, 0) is 18.2 Å². The number of nitrogens with zero attached hydrogens (tertiary/aromatic N) is 1. The van der Waals surface area contributed by atoms with Crippen molar-refractivity contribution < 1.29 is 9.84 Å². The van der Waals surface area contributed by atoms with Crippen molar-refractivity contribution in [2.24, 2.45) is 0 Å². The van der Waals surface area contributed by atoms with Gasteiger partial charge in [-0.1, -0.05) is 24.3 Å². The molecule has 2 aromatic rings. The Morgan fingerprint density at radius 2 is 2.12 bits per heavy atom. The smallest absolute Gasteiger partial charge is 0.115 e. The van der Waals surface area contributed by atoms with Crippen LogP contribution in [0, 0.1) is 0 Å². The molecule has 3 nitrogen and oxygen atoms in total. The number of rotatable bonds is 1. The van der Waals surface area contributed by atoms with Crippen LogP contribution in [0.3, 0.4) is 0 Å². The minimum atomic E-state index is -0.883. The van der Waals surface area contributed by atoms with E-state index in [0.717, 1.165) is 35.8 Å². The molecule has 1 aromatic heterocycles. The molecule has 0 radical (unpaired) electrons. The van der Waals surface area contributed by atoms with E-state index in [1.165, 1.54) is 0 Å². The maximum atomic E-state index is 10.7. The van der Waals surface area contributed by atoms with Gasteiger partial charge in [0, 0.05) is 30.0 Å². The predicted molar refractivity (Wildman–Crippen MR) is 65.7 cm³/mol. The van der Waals surface area contributed by atoms with E-state index in [1.54, 1.807) is 6.20 Å². The molecule has 88 valence electrons. The van der Waals surface area contributed by atoms with Gasteiger partial charge in [-0.15, -0.1) is 0 Å². The summed E-state index contributed by atoms with van der Waals surface area (Å²) in [7, 11) is 0.